The first-order valence-electron chi connectivity index (χ1n) is 9.05. The Labute approximate surface area is 159 Å². The zero-order chi connectivity index (χ0) is 18.7. The fourth-order valence-corrected chi connectivity index (χ4v) is 3.75. The summed E-state index contributed by atoms with van der Waals surface area (Å²) in [7, 11) is 0. The van der Waals surface area contributed by atoms with Gasteiger partial charge in [0.15, 0.2) is 0 Å². The molecule has 3 nitrogen and oxygen atoms in total. The Morgan fingerprint density at radius 2 is 1.59 bits per heavy atom. The van der Waals surface area contributed by atoms with Crippen LogP contribution in [-0.4, -0.2) is 4.98 Å². The van der Waals surface area contributed by atoms with Crippen LogP contribution in [0.3, 0.4) is 0 Å². The van der Waals surface area contributed by atoms with Gasteiger partial charge in [-0.1, -0.05) is 60.7 Å². The quantitative estimate of drug-likeness (QED) is 0.631. The largest absolute Gasteiger partial charge is 0.481 e. The minimum Gasteiger partial charge on any atom is -0.481 e. The Morgan fingerprint density at radius 1 is 0.963 bits per heavy atom. The topological polar surface area (TPSA) is 45.9 Å². The molecular formula is C24H20N2O. The summed E-state index contributed by atoms with van der Waals surface area (Å²) in [5.74, 6) is 0.615. The highest BCUT2D eigenvalue weighted by atomic mass is 16.5. The van der Waals surface area contributed by atoms with Crippen molar-refractivity contribution >= 4 is 5.76 Å². The van der Waals surface area contributed by atoms with E-state index in [4.69, 9.17) is 4.74 Å². The van der Waals surface area contributed by atoms with Crippen LogP contribution in [0.25, 0.3) is 5.76 Å². The molecule has 4 rings (SSSR count). The van der Waals surface area contributed by atoms with Crippen molar-refractivity contribution in [2.24, 2.45) is 0 Å². The third kappa shape index (κ3) is 3.22. The molecular weight excluding hydrogens is 332 g/mol. The van der Waals surface area contributed by atoms with Gasteiger partial charge in [-0.05, 0) is 30.2 Å². The maximum atomic E-state index is 9.99. The number of allylic oxidation sites excluding steroid dienone is 1. The normalized spacial score (nSPS) is 22.0. The standard InChI is InChI=1S/C24H20N2O/c1-24(20-10-6-3-7-11-20)16-21(18-12-14-26-15-13-18)22(17-25)23(27-24)19-8-4-2-5-9-19/h2-15,21H,16H2,1H3/t21-,24+/m1/s1. The Bertz CT molecular complexity index is 991. The fourth-order valence-electron chi connectivity index (χ4n) is 3.75. The predicted molar refractivity (Wildman–Crippen MR) is 105 cm³/mol. The summed E-state index contributed by atoms with van der Waals surface area (Å²) < 4.78 is 6.54. The second-order valence-corrected chi connectivity index (χ2v) is 6.96. The van der Waals surface area contributed by atoms with Crippen LogP contribution in [0, 0.1) is 11.3 Å². The average molecular weight is 352 g/mol. The van der Waals surface area contributed by atoms with E-state index in [0.29, 0.717) is 17.8 Å². The van der Waals surface area contributed by atoms with Crippen LogP contribution in [0.5, 0.6) is 0 Å². The summed E-state index contributed by atoms with van der Waals surface area (Å²) in [5, 5.41) is 9.99. The number of nitriles is 1. The second kappa shape index (κ2) is 7.09. The van der Waals surface area contributed by atoms with Crippen LogP contribution >= 0.6 is 0 Å². The lowest BCUT2D eigenvalue weighted by Crippen LogP contribution is -2.33. The van der Waals surface area contributed by atoms with E-state index in [9.17, 15) is 5.26 Å². The van der Waals surface area contributed by atoms with Crippen LogP contribution in [0.1, 0.15) is 36.0 Å². The van der Waals surface area contributed by atoms with E-state index >= 15 is 0 Å². The maximum absolute atomic E-state index is 9.99. The van der Waals surface area contributed by atoms with Crippen molar-refractivity contribution in [2.45, 2.75) is 24.9 Å². The van der Waals surface area contributed by atoms with Crippen LogP contribution in [0.2, 0.25) is 0 Å². The number of hydrogen-bond acceptors (Lipinski definition) is 3. The molecule has 2 heterocycles. The highest BCUT2D eigenvalue weighted by Crippen LogP contribution is 2.48. The number of hydrogen-bond donors (Lipinski definition) is 0. The summed E-state index contributed by atoms with van der Waals surface area (Å²) >= 11 is 0. The lowest BCUT2D eigenvalue weighted by Gasteiger charge is -2.40. The first kappa shape index (κ1) is 17.1. The molecule has 132 valence electrons. The van der Waals surface area contributed by atoms with Crippen molar-refractivity contribution in [3.8, 4) is 6.07 Å². The van der Waals surface area contributed by atoms with Crippen molar-refractivity contribution in [3.63, 3.8) is 0 Å². The van der Waals surface area contributed by atoms with E-state index in [-0.39, 0.29) is 5.92 Å². The fraction of sp³-hybridized carbons (Fsp3) is 0.167. The van der Waals surface area contributed by atoms with Gasteiger partial charge >= 0.3 is 0 Å². The van der Waals surface area contributed by atoms with Gasteiger partial charge in [0, 0.05) is 30.3 Å². The van der Waals surface area contributed by atoms with Crippen LogP contribution < -0.4 is 0 Å². The highest BCUT2D eigenvalue weighted by molar-refractivity contribution is 5.70. The summed E-state index contributed by atoms with van der Waals surface area (Å²) in [6.07, 6.45) is 4.25. The lowest BCUT2D eigenvalue weighted by atomic mass is 9.76. The highest BCUT2D eigenvalue weighted by Gasteiger charge is 2.41. The number of aromatic nitrogens is 1. The predicted octanol–water partition coefficient (Wildman–Crippen LogP) is 5.44. The molecule has 0 amide bonds. The van der Waals surface area contributed by atoms with Gasteiger partial charge in [0.05, 0.1) is 11.6 Å². The molecule has 0 bridgehead atoms. The van der Waals surface area contributed by atoms with Gasteiger partial charge < -0.3 is 4.74 Å². The molecule has 2 aromatic carbocycles. The van der Waals surface area contributed by atoms with Crippen molar-refractivity contribution in [1.29, 1.82) is 5.26 Å². The van der Waals surface area contributed by atoms with Gasteiger partial charge in [0.2, 0.25) is 0 Å². The molecule has 0 fully saturated rings. The van der Waals surface area contributed by atoms with Gasteiger partial charge in [-0.2, -0.15) is 5.26 Å². The summed E-state index contributed by atoms with van der Waals surface area (Å²) in [4.78, 5) is 4.13. The average Bonchev–Trinajstić information content (AvgIpc) is 2.75. The first-order chi connectivity index (χ1) is 13.2. The molecule has 0 radical (unpaired) electrons. The summed E-state index contributed by atoms with van der Waals surface area (Å²) in [6, 6.07) is 26.5. The van der Waals surface area contributed by atoms with Gasteiger partial charge in [0.25, 0.3) is 0 Å². The third-order valence-corrected chi connectivity index (χ3v) is 5.16. The third-order valence-electron chi connectivity index (χ3n) is 5.16. The number of nitrogens with zero attached hydrogens (tertiary/aromatic N) is 2. The van der Waals surface area contributed by atoms with Crippen molar-refractivity contribution < 1.29 is 4.74 Å². The number of benzene rings is 2. The molecule has 0 saturated heterocycles. The van der Waals surface area contributed by atoms with Gasteiger partial charge in [-0.3, -0.25) is 4.98 Å². The molecule has 2 atom stereocenters. The number of ether oxygens (including phenoxy) is 1. The Hall–Kier alpha value is -3.38. The molecule has 1 aromatic heterocycles. The van der Waals surface area contributed by atoms with E-state index in [0.717, 1.165) is 16.7 Å². The maximum Gasteiger partial charge on any atom is 0.142 e. The lowest BCUT2D eigenvalue weighted by molar-refractivity contribution is 0.0290. The zero-order valence-corrected chi connectivity index (χ0v) is 15.2. The number of rotatable bonds is 3. The molecule has 0 saturated carbocycles. The molecule has 3 aromatic rings. The minimum atomic E-state index is -0.527. The summed E-state index contributed by atoms with van der Waals surface area (Å²) in [5.41, 5.74) is 3.26. The van der Waals surface area contributed by atoms with Crippen molar-refractivity contribution in [1.82, 2.24) is 4.98 Å². The van der Waals surface area contributed by atoms with Gasteiger partial charge in [-0.15, -0.1) is 0 Å². The molecule has 0 N–H and O–H groups in total. The van der Waals surface area contributed by atoms with E-state index in [1.54, 1.807) is 12.4 Å². The van der Waals surface area contributed by atoms with Gasteiger partial charge in [0.1, 0.15) is 11.4 Å². The van der Waals surface area contributed by atoms with Gasteiger partial charge in [-0.25, -0.2) is 0 Å². The van der Waals surface area contributed by atoms with E-state index in [1.807, 2.05) is 60.7 Å². The van der Waals surface area contributed by atoms with Crippen LogP contribution in [0.4, 0.5) is 0 Å². The van der Waals surface area contributed by atoms with Crippen molar-refractivity contribution in [2.75, 3.05) is 0 Å². The first-order valence-corrected chi connectivity index (χ1v) is 9.05. The Kier molecular flexibility index (Phi) is 4.48. The van der Waals surface area contributed by atoms with Crippen LogP contribution in [-0.2, 0) is 10.3 Å². The number of pyridine rings is 1. The van der Waals surface area contributed by atoms with E-state index < -0.39 is 5.60 Å². The molecule has 27 heavy (non-hydrogen) atoms. The van der Waals surface area contributed by atoms with Crippen LogP contribution in [0.15, 0.2) is 90.8 Å². The molecule has 0 aliphatic carbocycles. The molecule has 0 spiro atoms. The Morgan fingerprint density at radius 3 is 2.22 bits per heavy atom. The van der Waals surface area contributed by atoms with E-state index in [1.165, 1.54) is 0 Å². The monoisotopic (exact) mass is 352 g/mol. The SMILES string of the molecule is C[C@@]1(c2ccccc2)C[C@H](c2ccncc2)C(C#N)=C(c2ccccc2)O1. The smallest absolute Gasteiger partial charge is 0.142 e. The zero-order valence-electron chi connectivity index (χ0n) is 15.2. The Balaban J connectivity index is 1.90. The molecule has 3 heteroatoms. The minimum absolute atomic E-state index is 0.0489. The molecule has 1 aliphatic rings. The molecule has 1 aliphatic heterocycles. The molecule has 0 unspecified atom stereocenters. The van der Waals surface area contributed by atoms with E-state index in [2.05, 4.69) is 30.1 Å². The van der Waals surface area contributed by atoms with Crippen molar-refractivity contribution in [3.05, 3.63) is 107 Å². The second-order valence-electron chi connectivity index (χ2n) is 6.96. The summed E-state index contributed by atoms with van der Waals surface area (Å²) in [6.45, 7) is 2.10.